The molecule has 1 heterocycles. The predicted molar refractivity (Wildman–Crippen MR) is 110 cm³/mol. The van der Waals surface area contributed by atoms with Crippen LogP contribution in [0.3, 0.4) is 0 Å². The van der Waals surface area contributed by atoms with Crippen LogP contribution in [0.15, 0.2) is 18.2 Å². The highest BCUT2D eigenvalue weighted by molar-refractivity contribution is 5.37. The standard InChI is InChI=1S/C23H35NO6/c1-24(14-15-26-2)17-20-16-19(6-7-21(20)25)18-8-12-23(13-9-18)29-27-22(28-30-23)10-4-3-5-11-22/h6-7,16,18,25H,3-5,8-15,17H2,1-2H3. The predicted octanol–water partition coefficient (Wildman–Crippen LogP) is 4.39. The Morgan fingerprint density at radius 3 is 2.27 bits per heavy atom. The topological polar surface area (TPSA) is 69.6 Å². The van der Waals surface area contributed by atoms with Crippen molar-refractivity contribution in [2.24, 2.45) is 0 Å². The molecule has 0 amide bonds. The van der Waals surface area contributed by atoms with Gasteiger partial charge in [-0.25, -0.2) is 0 Å². The molecule has 1 aromatic carbocycles. The van der Waals surface area contributed by atoms with Gasteiger partial charge >= 0.3 is 0 Å². The summed E-state index contributed by atoms with van der Waals surface area (Å²) in [6.07, 6.45) is 8.28. The second kappa shape index (κ2) is 9.51. The number of hydrogen-bond acceptors (Lipinski definition) is 7. The van der Waals surface area contributed by atoms with Crippen LogP contribution in [0, 0.1) is 0 Å². The summed E-state index contributed by atoms with van der Waals surface area (Å²) in [6.45, 7) is 2.19. The van der Waals surface area contributed by atoms with Gasteiger partial charge < -0.3 is 9.84 Å². The van der Waals surface area contributed by atoms with Crippen LogP contribution >= 0.6 is 0 Å². The van der Waals surface area contributed by atoms with Crippen molar-refractivity contribution in [3.63, 3.8) is 0 Å². The molecule has 0 atom stereocenters. The number of likely N-dealkylation sites (N-methyl/N-ethyl adjacent to an activating group) is 1. The lowest BCUT2D eigenvalue weighted by Gasteiger charge is -2.46. The first kappa shape index (κ1) is 22.0. The third-order valence-electron chi connectivity index (χ3n) is 6.75. The number of benzene rings is 1. The maximum Gasteiger partial charge on any atom is 0.234 e. The minimum absolute atomic E-state index is 0.342. The van der Waals surface area contributed by atoms with Crippen molar-refractivity contribution in [3.8, 4) is 5.75 Å². The summed E-state index contributed by atoms with van der Waals surface area (Å²) in [6, 6.07) is 5.98. The molecule has 0 unspecified atom stereocenters. The smallest absolute Gasteiger partial charge is 0.234 e. The highest BCUT2D eigenvalue weighted by Gasteiger charge is 2.50. The SMILES string of the molecule is COCCN(C)Cc1cc(C2CCC3(CC2)OOC2(CCCCC2)OO3)ccc1O. The third kappa shape index (κ3) is 4.98. The molecule has 7 nitrogen and oxygen atoms in total. The first-order chi connectivity index (χ1) is 14.5. The summed E-state index contributed by atoms with van der Waals surface area (Å²) in [5.74, 6) is -0.758. The van der Waals surface area contributed by atoms with E-state index in [1.807, 2.05) is 19.2 Å². The van der Waals surface area contributed by atoms with Crippen LogP contribution in [0.25, 0.3) is 0 Å². The fourth-order valence-electron chi connectivity index (χ4n) is 4.75. The van der Waals surface area contributed by atoms with Crippen molar-refractivity contribution in [3.05, 3.63) is 29.3 Å². The van der Waals surface area contributed by atoms with Crippen molar-refractivity contribution in [1.29, 1.82) is 0 Å². The summed E-state index contributed by atoms with van der Waals surface area (Å²) in [5.41, 5.74) is 2.20. The number of aromatic hydroxyl groups is 1. The number of phenolic OH excluding ortho intramolecular Hbond substituents is 1. The zero-order valence-electron chi connectivity index (χ0n) is 18.2. The van der Waals surface area contributed by atoms with Gasteiger partial charge in [0.25, 0.3) is 0 Å². The molecule has 1 saturated heterocycles. The van der Waals surface area contributed by atoms with E-state index in [0.717, 1.165) is 63.5 Å². The summed E-state index contributed by atoms with van der Waals surface area (Å²) in [4.78, 5) is 25.3. The molecular weight excluding hydrogens is 386 g/mol. The monoisotopic (exact) mass is 421 g/mol. The second-order valence-corrected chi connectivity index (χ2v) is 9.11. The van der Waals surface area contributed by atoms with Gasteiger partial charge in [-0.2, -0.15) is 19.6 Å². The molecule has 0 bridgehead atoms. The average molecular weight is 422 g/mol. The van der Waals surface area contributed by atoms with Gasteiger partial charge in [0.15, 0.2) is 0 Å². The summed E-state index contributed by atoms with van der Waals surface area (Å²) >= 11 is 0. The largest absolute Gasteiger partial charge is 0.508 e. The molecule has 2 spiro atoms. The Balaban J connectivity index is 1.33. The van der Waals surface area contributed by atoms with Gasteiger partial charge in [-0.05, 0) is 50.3 Å². The zero-order chi connectivity index (χ0) is 21.0. The number of rotatable bonds is 6. The van der Waals surface area contributed by atoms with Gasteiger partial charge in [0.2, 0.25) is 11.6 Å². The molecular formula is C23H35NO6. The van der Waals surface area contributed by atoms with Crippen molar-refractivity contribution in [1.82, 2.24) is 4.90 Å². The molecule has 1 aliphatic heterocycles. The molecule has 3 aliphatic rings. The fraction of sp³-hybridized carbons (Fsp3) is 0.739. The van der Waals surface area contributed by atoms with E-state index >= 15 is 0 Å². The van der Waals surface area contributed by atoms with Crippen LogP contribution in [0.1, 0.15) is 74.8 Å². The second-order valence-electron chi connectivity index (χ2n) is 9.11. The first-order valence-corrected chi connectivity index (χ1v) is 11.3. The Morgan fingerprint density at radius 1 is 1.00 bits per heavy atom. The molecule has 2 aliphatic carbocycles. The lowest BCUT2D eigenvalue weighted by Crippen LogP contribution is -2.52. The van der Waals surface area contributed by atoms with Crippen LogP contribution in [0.4, 0.5) is 0 Å². The number of phenols is 1. The van der Waals surface area contributed by atoms with Crippen molar-refractivity contribution >= 4 is 0 Å². The van der Waals surface area contributed by atoms with E-state index in [0.29, 0.717) is 24.8 Å². The molecule has 3 fully saturated rings. The summed E-state index contributed by atoms with van der Waals surface area (Å²) in [5, 5.41) is 10.3. The molecule has 168 valence electrons. The van der Waals surface area contributed by atoms with Gasteiger partial charge in [-0.1, -0.05) is 18.6 Å². The molecule has 4 rings (SSSR count). The normalized spacial score (nSPS) is 24.0. The zero-order valence-corrected chi connectivity index (χ0v) is 18.2. The van der Waals surface area contributed by atoms with Gasteiger partial charge in [-0.15, -0.1) is 0 Å². The molecule has 7 heteroatoms. The van der Waals surface area contributed by atoms with Gasteiger partial charge in [0, 0.05) is 51.4 Å². The van der Waals surface area contributed by atoms with E-state index in [1.165, 1.54) is 12.0 Å². The molecule has 0 aromatic heterocycles. The Kier molecular flexibility index (Phi) is 6.97. The van der Waals surface area contributed by atoms with Gasteiger partial charge in [-0.3, -0.25) is 4.90 Å². The molecule has 2 saturated carbocycles. The average Bonchev–Trinajstić information content (AvgIpc) is 2.78. The van der Waals surface area contributed by atoms with Crippen LogP contribution in [-0.4, -0.2) is 48.9 Å². The third-order valence-corrected chi connectivity index (χ3v) is 6.75. The summed E-state index contributed by atoms with van der Waals surface area (Å²) < 4.78 is 5.14. The van der Waals surface area contributed by atoms with Gasteiger partial charge in [0.1, 0.15) is 5.75 Å². The van der Waals surface area contributed by atoms with E-state index in [1.54, 1.807) is 7.11 Å². The van der Waals surface area contributed by atoms with Gasteiger partial charge in [0.05, 0.1) is 6.61 Å². The van der Waals surface area contributed by atoms with Crippen LogP contribution in [-0.2, 0) is 30.8 Å². The molecule has 30 heavy (non-hydrogen) atoms. The van der Waals surface area contributed by atoms with E-state index in [2.05, 4.69) is 11.0 Å². The van der Waals surface area contributed by atoms with Crippen LogP contribution in [0.2, 0.25) is 0 Å². The summed E-state index contributed by atoms with van der Waals surface area (Å²) in [7, 11) is 3.74. The fourth-order valence-corrected chi connectivity index (χ4v) is 4.75. The Morgan fingerprint density at radius 2 is 1.63 bits per heavy atom. The van der Waals surface area contributed by atoms with Crippen molar-refractivity contribution in [2.45, 2.75) is 81.8 Å². The molecule has 0 radical (unpaired) electrons. The number of ether oxygens (including phenoxy) is 1. The molecule has 1 N–H and O–H groups in total. The minimum atomic E-state index is -0.792. The van der Waals surface area contributed by atoms with E-state index in [4.69, 9.17) is 24.3 Å². The molecule has 1 aromatic rings. The van der Waals surface area contributed by atoms with E-state index < -0.39 is 11.6 Å². The van der Waals surface area contributed by atoms with Crippen LogP contribution in [0.5, 0.6) is 5.75 Å². The number of hydrogen-bond donors (Lipinski definition) is 1. The highest BCUT2D eigenvalue weighted by Crippen LogP contribution is 2.47. The first-order valence-electron chi connectivity index (χ1n) is 11.3. The highest BCUT2D eigenvalue weighted by atomic mass is 17.4. The van der Waals surface area contributed by atoms with Crippen LogP contribution < -0.4 is 0 Å². The maximum absolute atomic E-state index is 10.3. The Bertz CT molecular complexity index is 685. The number of methoxy groups -OCH3 is 1. The Labute approximate surface area is 179 Å². The maximum atomic E-state index is 10.3. The van der Waals surface area contributed by atoms with Crippen molar-refractivity contribution in [2.75, 3.05) is 27.3 Å². The number of nitrogens with zero attached hydrogens (tertiary/aromatic N) is 1. The quantitative estimate of drug-likeness (QED) is 0.683. The Hall–Kier alpha value is -1.22. The minimum Gasteiger partial charge on any atom is -0.508 e. The lowest BCUT2D eigenvalue weighted by atomic mass is 9.80. The lowest BCUT2D eigenvalue weighted by molar-refractivity contribution is -0.662. The van der Waals surface area contributed by atoms with E-state index in [9.17, 15) is 5.11 Å². The van der Waals surface area contributed by atoms with Crippen molar-refractivity contribution < 1.29 is 29.4 Å². The van der Waals surface area contributed by atoms with E-state index in [-0.39, 0.29) is 0 Å².